The zero-order valence-electron chi connectivity index (χ0n) is 18.5. The Labute approximate surface area is 188 Å². The summed E-state index contributed by atoms with van der Waals surface area (Å²) in [6.45, 7) is 7.88. The van der Waals surface area contributed by atoms with E-state index in [-0.39, 0.29) is 5.91 Å². The minimum atomic E-state index is 0.0190. The van der Waals surface area contributed by atoms with Crippen molar-refractivity contribution >= 4 is 28.3 Å². The van der Waals surface area contributed by atoms with E-state index in [0.717, 1.165) is 88.3 Å². The minimum Gasteiger partial charge on any atom is -0.449 e. The Morgan fingerprint density at radius 3 is 2.69 bits per heavy atom. The number of hydrogen-bond acceptors (Lipinski definition) is 5. The number of amides is 1. The van der Waals surface area contributed by atoms with Crippen molar-refractivity contribution < 1.29 is 9.21 Å². The van der Waals surface area contributed by atoms with Crippen LogP contribution in [0.3, 0.4) is 0 Å². The molecule has 0 spiro atoms. The van der Waals surface area contributed by atoms with Gasteiger partial charge in [-0.2, -0.15) is 0 Å². The molecule has 1 amide bonds. The first kappa shape index (κ1) is 19.7. The molecule has 0 radical (unpaired) electrons. The Kier molecular flexibility index (Phi) is 5.02. The lowest BCUT2D eigenvalue weighted by Gasteiger charge is -2.36. The first-order chi connectivity index (χ1) is 15.7. The highest BCUT2D eigenvalue weighted by molar-refractivity contribution is 5.99. The third kappa shape index (κ3) is 3.62. The van der Waals surface area contributed by atoms with Crippen molar-refractivity contribution in [3.8, 4) is 0 Å². The third-order valence-electron chi connectivity index (χ3n) is 7.19. The van der Waals surface area contributed by atoms with E-state index in [1.807, 2.05) is 17.0 Å². The second-order valence-corrected chi connectivity index (χ2v) is 9.20. The van der Waals surface area contributed by atoms with Crippen molar-refractivity contribution in [3.05, 3.63) is 59.4 Å². The lowest BCUT2D eigenvalue weighted by Crippen LogP contribution is -2.47. The Morgan fingerprint density at radius 1 is 1.00 bits per heavy atom. The minimum absolute atomic E-state index is 0.0190. The first-order valence-corrected chi connectivity index (χ1v) is 11.9. The van der Waals surface area contributed by atoms with E-state index in [9.17, 15) is 4.79 Å². The van der Waals surface area contributed by atoms with Gasteiger partial charge < -0.3 is 19.5 Å². The molecule has 3 aliphatic heterocycles. The van der Waals surface area contributed by atoms with Gasteiger partial charge in [-0.25, -0.2) is 0 Å². The zero-order valence-corrected chi connectivity index (χ0v) is 18.5. The molecule has 166 valence electrons. The number of para-hydroxylation sites is 1. The molecule has 0 atom stereocenters. The number of benzene rings is 2. The summed E-state index contributed by atoms with van der Waals surface area (Å²) >= 11 is 0. The van der Waals surface area contributed by atoms with Crippen molar-refractivity contribution in [2.75, 3.05) is 62.6 Å². The lowest BCUT2D eigenvalue weighted by atomic mass is 10.1. The van der Waals surface area contributed by atoms with Gasteiger partial charge in [-0.3, -0.25) is 9.69 Å². The van der Waals surface area contributed by atoms with E-state index >= 15 is 0 Å². The molecule has 4 heterocycles. The van der Waals surface area contributed by atoms with Crippen LogP contribution in [0.5, 0.6) is 0 Å². The van der Waals surface area contributed by atoms with Gasteiger partial charge in [0.25, 0.3) is 5.91 Å². The molecule has 1 N–H and O–H groups in total. The van der Waals surface area contributed by atoms with Gasteiger partial charge in [0.15, 0.2) is 11.3 Å². The molecular weight excluding hydrogens is 400 g/mol. The van der Waals surface area contributed by atoms with Crippen molar-refractivity contribution in [2.24, 2.45) is 0 Å². The molecule has 0 aliphatic carbocycles. The summed E-state index contributed by atoms with van der Waals surface area (Å²) in [7, 11) is 0. The molecule has 2 saturated heterocycles. The van der Waals surface area contributed by atoms with Crippen molar-refractivity contribution in [1.29, 1.82) is 0 Å². The quantitative estimate of drug-likeness (QED) is 0.670. The normalized spacial score (nSPS) is 18.5. The average Bonchev–Trinajstić information content (AvgIpc) is 3.43. The molecule has 0 unspecified atom stereocenters. The van der Waals surface area contributed by atoms with Gasteiger partial charge in [-0.15, -0.1) is 0 Å². The van der Waals surface area contributed by atoms with E-state index < -0.39 is 0 Å². The molecule has 3 aliphatic rings. The molecular formula is C26H30N4O2. The van der Waals surface area contributed by atoms with Crippen LogP contribution in [0, 0.1) is 0 Å². The number of fused-ring (bicyclic) bond motifs is 2. The second kappa shape index (κ2) is 8.17. The molecule has 6 heteroatoms. The summed E-state index contributed by atoms with van der Waals surface area (Å²) < 4.78 is 6.09. The summed E-state index contributed by atoms with van der Waals surface area (Å²) in [5, 5.41) is 4.45. The molecule has 32 heavy (non-hydrogen) atoms. The smallest absolute Gasteiger partial charge is 0.289 e. The van der Waals surface area contributed by atoms with Gasteiger partial charge in [-0.05, 0) is 48.6 Å². The Bertz CT molecular complexity index is 1140. The maximum atomic E-state index is 12.6. The summed E-state index contributed by atoms with van der Waals surface area (Å²) in [6.07, 6.45) is 3.33. The third-order valence-corrected chi connectivity index (χ3v) is 7.19. The SMILES string of the molecule is O=C(c1cc2cccc(N3CCN(CCc4ccc5c(c4)CCN5)CC3)c2o1)N1CCC1. The van der Waals surface area contributed by atoms with E-state index in [1.165, 1.54) is 16.8 Å². The zero-order chi connectivity index (χ0) is 21.5. The second-order valence-electron chi connectivity index (χ2n) is 9.20. The molecule has 2 fully saturated rings. The van der Waals surface area contributed by atoms with Gasteiger partial charge in [0, 0.05) is 63.4 Å². The maximum Gasteiger partial charge on any atom is 0.289 e. The summed E-state index contributed by atoms with van der Waals surface area (Å²) in [5.41, 5.74) is 6.16. The largest absolute Gasteiger partial charge is 0.449 e. The number of piperazine rings is 1. The van der Waals surface area contributed by atoms with Crippen molar-refractivity contribution in [1.82, 2.24) is 9.80 Å². The van der Waals surface area contributed by atoms with Gasteiger partial charge in [0.1, 0.15) is 0 Å². The molecule has 0 saturated carbocycles. The van der Waals surface area contributed by atoms with Gasteiger partial charge >= 0.3 is 0 Å². The van der Waals surface area contributed by atoms with Crippen LogP contribution in [0.15, 0.2) is 46.9 Å². The molecule has 6 rings (SSSR count). The lowest BCUT2D eigenvalue weighted by molar-refractivity contribution is 0.0621. The van der Waals surface area contributed by atoms with E-state index in [1.54, 1.807) is 0 Å². The van der Waals surface area contributed by atoms with Crippen molar-refractivity contribution in [3.63, 3.8) is 0 Å². The van der Waals surface area contributed by atoms with Crippen LogP contribution in [-0.4, -0.2) is 68.1 Å². The van der Waals surface area contributed by atoms with Crippen LogP contribution >= 0.6 is 0 Å². The standard InChI is InChI=1S/C26H30N4O2/c31-26(30-10-2-11-30)24-18-21-3-1-4-23(25(21)32-24)29-15-13-28(14-16-29)12-8-19-5-6-22-20(17-19)7-9-27-22/h1,3-6,17-18,27H,2,7-16H2. The summed E-state index contributed by atoms with van der Waals surface area (Å²) in [6, 6.07) is 15.0. The highest BCUT2D eigenvalue weighted by Crippen LogP contribution is 2.31. The Hall–Kier alpha value is -2.99. The number of nitrogens with zero attached hydrogens (tertiary/aromatic N) is 3. The van der Waals surface area contributed by atoms with E-state index in [4.69, 9.17) is 4.42 Å². The van der Waals surface area contributed by atoms with Gasteiger partial charge in [0.2, 0.25) is 0 Å². The molecule has 2 aromatic carbocycles. The van der Waals surface area contributed by atoms with Gasteiger partial charge in [0.05, 0.1) is 5.69 Å². The number of carbonyl (C=O) groups excluding carboxylic acids is 1. The van der Waals surface area contributed by atoms with Crippen LogP contribution in [0.25, 0.3) is 11.0 Å². The Balaban J connectivity index is 1.10. The molecule has 1 aromatic heterocycles. The number of hydrogen-bond donors (Lipinski definition) is 1. The van der Waals surface area contributed by atoms with E-state index in [0.29, 0.717) is 5.76 Å². The van der Waals surface area contributed by atoms with Gasteiger partial charge in [-0.1, -0.05) is 24.3 Å². The monoisotopic (exact) mass is 430 g/mol. The topological polar surface area (TPSA) is 52.0 Å². The summed E-state index contributed by atoms with van der Waals surface area (Å²) in [5.74, 6) is 0.487. The number of nitrogens with one attached hydrogen (secondary N) is 1. The van der Waals surface area contributed by atoms with E-state index in [2.05, 4.69) is 45.4 Å². The van der Waals surface area contributed by atoms with Crippen molar-refractivity contribution in [2.45, 2.75) is 19.3 Å². The Morgan fingerprint density at radius 2 is 1.88 bits per heavy atom. The number of rotatable bonds is 5. The number of furan rings is 1. The molecule has 0 bridgehead atoms. The predicted molar refractivity (Wildman–Crippen MR) is 128 cm³/mol. The number of likely N-dealkylation sites (tertiary alicyclic amines) is 1. The first-order valence-electron chi connectivity index (χ1n) is 11.9. The van der Waals surface area contributed by atoms with Crippen LogP contribution < -0.4 is 10.2 Å². The number of carbonyl (C=O) groups is 1. The fraction of sp³-hybridized carbons (Fsp3) is 0.423. The molecule has 6 nitrogen and oxygen atoms in total. The van der Waals surface area contributed by atoms with Crippen LogP contribution in [0.2, 0.25) is 0 Å². The fourth-order valence-corrected chi connectivity index (χ4v) is 5.09. The highest BCUT2D eigenvalue weighted by atomic mass is 16.3. The predicted octanol–water partition coefficient (Wildman–Crippen LogP) is 3.61. The number of anilines is 2. The van der Waals surface area contributed by atoms with Crippen LogP contribution in [0.1, 0.15) is 28.1 Å². The highest BCUT2D eigenvalue weighted by Gasteiger charge is 2.26. The van der Waals surface area contributed by atoms with Crippen LogP contribution in [-0.2, 0) is 12.8 Å². The van der Waals surface area contributed by atoms with Crippen LogP contribution in [0.4, 0.5) is 11.4 Å². The summed E-state index contributed by atoms with van der Waals surface area (Å²) in [4.78, 5) is 19.4. The average molecular weight is 431 g/mol. The fourth-order valence-electron chi connectivity index (χ4n) is 5.09. The maximum absolute atomic E-state index is 12.6. The molecule has 3 aromatic rings.